The van der Waals surface area contributed by atoms with Gasteiger partial charge in [0.05, 0.1) is 0 Å². The van der Waals surface area contributed by atoms with Gasteiger partial charge in [0.15, 0.2) is 6.61 Å². The van der Waals surface area contributed by atoms with E-state index < -0.39 is 23.5 Å². The molecular formula is C24H26N4O5. The maximum atomic E-state index is 12.9. The number of nitrogens with zero attached hydrogens (tertiary/aromatic N) is 1. The van der Waals surface area contributed by atoms with E-state index in [1.165, 1.54) is 6.92 Å². The van der Waals surface area contributed by atoms with Crippen molar-refractivity contribution in [3.8, 4) is 5.75 Å². The molecule has 1 aliphatic carbocycles. The monoisotopic (exact) mass is 450 g/mol. The summed E-state index contributed by atoms with van der Waals surface area (Å²) < 4.78 is 5.53. The number of ether oxygens (including phenoxy) is 1. The minimum Gasteiger partial charge on any atom is -0.484 e. The summed E-state index contributed by atoms with van der Waals surface area (Å²) in [5.41, 5.74) is 0.233. The normalized spacial score (nSPS) is 17.5. The molecule has 3 N–H and O–H groups in total. The van der Waals surface area contributed by atoms with E-state index in [2.05, 4.69) is 16.0 Å². The van der Waals surface area contributed by atoms with Crippen LogP contribution in [0, 0.1) is 0 Å². The highest BCUT2D eigenvalue weighted by Gasteiger charge is 2.54. The van der Waals surface area contributed by atoms with Gasteiger partial charge in [-0.25, -0.2) is 9.69 Å². The molecule has 1 heterocycles. The van der Waals surface area contributed by atoms with Crippen LogP contribution >= 0.6 is 0 Å². The zero-order valence-corrected chi connectivity index (χ0v) is 18.3. The molecular weight excluding hydrogens is 424 g/mol. The summed E-state index contributed by atoms with van der Waals surface area (Å²) in [6, 6.07) is 14.1. The van der Waals surface area contributed by atoms with Crippen LogP contribution in [-0.4, -0.2) is 46.8 Å². The Labute approximate surface area is 191 Å². The standard InChI is InChI=1S/C24H26N4O5/c1-16(28-22(31)24(27-23(28)32)12-5-6-13-24)21(30)26-18-10-7-11-19(14-18)33-15-20(29)25-17-8-3-2-4-9-17/h2-4,7-11,14,16H,5-6,12-13,15H2,1H3,(H,25,29)(H,26,30)(H,27,32). The first-order chi connectivity index (χ1) is 15.9. The van der Waals surface area contributed by atoms with E-state index in [4.69, 9.17) is 4.74 Å². The van der Waals surface area contributed by atoms with E-state index in [-0.39, 0.29) is 18.4 Å². The van der Waals surface area contributed by atoms with Crippen molar-refractivity contribution in [3.63, 3.8) is 0 Å². The lowest BCUT2D eigenvalue weighted by Gasteiger charge is -2.23. The Bertz CT molecular complexity index is 1070. The van der Waals surface area contributed by atoms with Crippen LogP contribution in [0.1, 0.15) is 32.6 Å². The molecule has 0 aromatic heterocycles. The van der Waals surface area contributed by atoms with E-state index >= 15 is 0 Å². The number of hydrogen-bond acceptors (Lipinski definition) is 5. The van der Waals surface area contributed by atoms with Crippen LogP contribution in [0.4, 0.5) is 16.2 Å². The average molecular weight is 450 g/mol. The minimum atomic E-state index is -0.973. The third kappa shape index (κ3) is 4.82. The van der Waals surface area contributed by atoms with Gasteiger partial charge in [-0.15, -0.1) is 0 Å². The average Bonchev–Trinajstić information content (AvgIpc) is 3.37. The fourth-order valence-corrected chi connectivity index (χ4v) is 4.21. The molecule has 2 aromatic carbocycles. The van der Waals surface area contributed by atoms with E-state index in [1.54, 1.807) is 36.4 Å². The van der Waals surface area contributed by atoms with Crippen molar-refractivity contribution in [2.24, 2.45) is 0 Å². The number of amides is 5. The smallest absolute Gasteiger partial charge is 0.325 e. The summed E-state index contributed by atoms with van der Waals surface area (Å²) in [6.45, 7) is 1.32. The van der Waals surface area contributed by atoms with Crippen LogP contribution in [-0.2, 0) is 14.4 Å². The van der Waals surface area contributed by atoms with Crippen molar-refractivity contribution in [2.45, 2.75) is 44.2 Å². The van der Waals surface area contributed by atoms with Gasteiger partial charge in [0.2, 0.25) is 5.91 Å². The maximum absolute atomic E-state index is 12.9. The highest BCUT2D eigenvalue weighted by atomic mass is 16.5. The van der Waals surface area contributed by atoms with Crippen molar-refractivity contribution in [2.75, 3.05) is 17.2 Å². The lowest BCUT2D eigenvalue weighted by molar-refractivity contribution is -0.136. The molecule has 2 aromatic rings. The van der Waals surface area contributed by atoms with Gasteiger partial charge in [-0.1, -0.05) is 37.1 Å². The molecule has 9 heteroatoms. The fourth-order valence-electron chi connectivity index (χ4n) is 4.21. The Morgan fingerprint density at radius 1 is 1.03 bits per heavy atom. The first-order valence-electron chi connectivity index (χ1n) is 10.9. The fraction of sp³-hybridized carbons (Fsp3) is 0.333. The molecule has 1 atom stereocenters. The molecule has 1 spiro atoms. The number of anilines is 2. The van der Waals surface area contributed by atoms with Crippen molar-refractivity contribution < 1.29 is 23.9 Å². The molecule has 1 unspecified atom stereocenters. The second-order valence-electron chi connectivity index (χ2n) is 8.29. The van der Waals surface area contributed by atoms with Gasteiger partial charge in [0, 0.05) is 17.4 Å². The molecule has 1 saturated carbocycles. The van der Waals surface area contributed by atoms with Gasteiger partial charge in [0.1, 0.15) is 17.3 Å². The summed E-state index contributed by atoms with van der Waals surface area (Å²) in [5, 5.41) is 8.22. The minimum absolute atomic E-state index is 0.201. The molecule has 1 saturated heterocycles. The van der Waals surface area contributed by atoms with Gasteiger partial charge >= 0.3 is 6.03 Å². The summed E-state index contributed by atoms with van der Waals surface area (Å²) in [5.74, 6) is -0.756. The second-order valence-corrected chi connectivity index (χ2v) is 8.29. The third-order valence-electron chi connectivity index (χ3n) is 5.95. The van der Waals surface area contributed by atoms with Crippen LogP contribution in [0.2, 0.25) is 0 Å². The number of para-hydroxylation sites is 1. The Morgan fingerprint density at radius 3 is 2.45 bits per heavy atom. The predicted molar refractivity (Wildman–Crippen MR) is 122 cm³/mol. The van der Waals surface area contributed by atoms with Crippen molar-refractivity contribution in [1.29, 1.82) is 0 Å². The molecule has 5 amide bonds. The van der Waals surface area contributed by atoms with E-state index in [1.807, 2.05) is 18.2 Å². The van der Waals surface area contributed by atoms with Crippen LogP contribution in [0.3, 0.4) is 0 Å². The van der Waals surface area contributed by atoms with Gasteiger partial charge in [-0.05, 0) is 44.0 Å². The number of imide groups is 1. The molecule has 4 rings (SSSR count). The van der Waals surface area contributed by atoms with Crippen LogP contribution in [0.25, 0.3) is 0 Å². The number of nitrogens with one attached hydrogen (secondary N) is 3. The molecule has 0 bridgehead atoms. The summed E-state index contributed by atoms with van der Waals surface area (Å²) in [4.78, 5) is 51.2. The van der Waals surface area contributed by atoms with Crippen LogP contribution in [0.5, 0.6) is 5.75 Å². The van der Waals surface area contributed by atoms with Crippen LogP contribution < -0.4 is 20.7 Å². The molecule has 33 heavy (non-hydrogen) atoms. The summed E-state index contributed by atoms with van der Waals surface area (Å²) >= 11 is 0. The zero-order valence-electron chi connectivity index (χ0n) is 18.3. The molecule has 0 radical (unpaired) electrons. The van der Waals surface area contributed by atoms with E-state index in [0.717, 1.165) is 17.7 Å². The predicted octanol–water partition coefficient (Wildman–Crippen LogP) is 2.90. The second kappa shape index (κ2) is 9.32. The summed E-state index contributed by atoms with van der Waals surface area (Å²) in [6.07, 6.45) is 2.94. The SMILES string of the molecule is CC(C(=O)Nc1cccc(OCC(=O)Nc2ccccc2)c1)N1C(=O)NC2(CCCC2)C1=O. The maximum Gasteiger partial charge on any atom is 0.325 e. The molecule has 9 nitrogen and oxygen atoms in total. The largest absolute Gasteiger partial charge is 0.484 e. The highest BCUT2D eigenvalue weighted by Crippen LogP contribution is 2.35. The number of hydrogen-bond donors (Lipinski definition) is 3. The third-order valence-corrected chi connectivity index (χ3v) is 5.95. The molecule has 172 valence electrons. The number of carbonyl (C=O) groups excluding carboxylic acids is 4. The van der Waals surface area contributed by atoms with E-state index in [0.29, 0.717) is 30.0 Å². The topological polar surface area (TPSA) is 117 Å². The number of benzene rings is 2. The Kier molecular flexibility index (Phi) is 6.30. The van der Waals surface area contributed by atoms with Crippen molar-refractivity contribution in [1.82, 2.24) is 10.2 Å². The lowest BCUT2D eigenvalue weighted by Crippen LogP contribution is -2.48. The highest BCUT2D eigenvalue weighted by molar-refractivity contribution is 6.11. The van der Waals surface area contributed by atoms with Gasteiger partial charge in [-0.2, -0.15) is 0 Å². The van der Waals surface area contributed by atoms with Crippen molar-refractivity contribution >= 4 is 35.1 Å². The molecule has 1 aliphatic heterocycles. The van der Waals surface area contributed by atoms with Crippen LogP contribution in [0.15, 0.2) is 54.6 Å². The van der Waals surface area contributed by atoms with E-state index in [9.17, 15) is 19.2 Å². The first-order valence-corrected chi connectivity index (χ1v) is 10.9. The Balaban J connectivity index is 1.34. The Hall–Kier alpha value is -3.88. The first kappa shape index (κ1) is 22.3. The summed E-state index contributed by atoms with van der Waals surface area (Å²) in [7, 11) is 0. The quantitative estimate of drug-likeness (QED) is 0.561. The Morgan fingerprint density at radius 2 is 1.73 bits per heavy atom. The van der Waals surface area contributed by atoms with Crippen molar-refractivity contribution in [3.05, 3.63) is 54.6 Å². The number of urea groups is 1. The van der Waals surface area contributed by atoms with Gasteiger partial charge < -0.3 is 20.7 Å². The molecule has 2 aliphatic rings. The number of carbonyl (C=O) groups is 4. The zero-order chi connectivity index (χ0) is 23.4. The lowest BCUT2D eigenvalue weighted by atomic mass is 9.97. The van der Waals surface area contributed by atoms with Gasteiger partial charge in [-0.3, -0.25) is 14.4 Å². The number of rotatable bonds is 7. The van der Waals surface area contributed by atoms with Gasteiger partial charge in [0.25, 0.3) is 11.8 Å². The molecule has 2 fully saturated rings.